The smallest absolute Gasteiger partial charge is 0.243 e. The molecule has 0 spiro atoms. The standard InChI is InChI=1S/C14H19N3O4S2/c1-10-5-6-13(22-10)12(18)9-17-7-3-4-11(8-17)14(19)15-16-23(2,20)21/h3-6,11,16H,7-9H2,1-2H3,(H,15,19). The Bertz CT molecular complexity index is 724. The lowest BCUT2D eigenvalue weighted by Gasteiger charge is -2.27. The monoisotopic (exact) mass is 357 g/mol. The van der Waals surface area contributed by atoms with Crippen LogP contribution in [0.4, 0.5) is 0 Å². The molecule has 1 unspecified atom stereocenters. The quantitative estimate of drug-likeness (QED) is 0.434. The Kier molecular flexibility index (Phi) is 5.69. The summed E-state index contributed by atoms with van der Waals surface area (Å²) in [5, 5.41) is 0. The Balaban J connectivity index is 1.90. The molecule has 1 aromatic rings. The highest BCUT2D eigenvalue weighted by atomic mass is 32.2. The van der Waals surface area contributed by atoms with Crippen molar-refractivity contribution in [3.05, 3.63) is 34.0 Å². The number of sulfonamides is 1. The average Bonchev–Trinajstić information content (AvgIpc) is 2.91. The van der Waals surface area contributed by atoms with E-state index in [1.807, 2.05) is 28.8 Å². The number of aryl methyl sites for hydroxylation is 1. The molecule has 1 atom stereocenters. The summed E-state index contributed by atoms with van der Waals surface area (Å²) in [7, 11) is -3.50. The summed E-state index contributed by atoms with van der Waals surface area (Å²) < 4.78 is 22.0. The number of thiophene rings is 1. The van der Waals surface area contributed by atoms with Gasteiger partial charge in [-0.3, -0.25) is 19.9 Å². The Morgan fingerprint density at radius 3 is 2.74 bits per heavy atom. The Hall–Kier alpha value is -1.55. The van der Waals surface area contributed by atoms with Gasteiger partial charge in [-0.25, -0.2) is 8.42 Å². The van der Waals surface area contributed by atoms with E-state index in [0.717, 1.165) is 11.1 Å². The lowest BCUT2D eigenvalue weighted by atomic mass is 10.0. The summed E-state index contributed by atoms with van der Waals surface area (Å²) >= 11 is 1.45. The Morgan fingerprint density at radius 1 is 1.39 bits per heavy atom. The topological polar surface area (TPSA) is 95.6 Å². The molecule has 126 valence electrons. The van der Waals surface area contributed by atoms with Gasteiger partial charge in [-0.05, 0) is 19.1 Å². The first-order valence-electron chi connectivity index (χ1n) is 7.00. The predicted molar refractivity (Wildman–Crippen MR) is 88.6 cm³/mol. The number of nitrogens with one attached hydrogen (secondary N) is 2. The maximum absolute atomic E-state index is 12.2. The summed E-state index contributed by atoms with van der Waals surface area (Å²) in [5.74, 6) is -0.932. The molecule has 0 bridgehead atoms. The van der Waals surface area contributed by atoms with Gasteiger partial charge in [0.15, 0.2) is 5.78 Å². The van der Waals surface area contributed by atoms with E-state index in [-0.39, 0.29) is 12.3 Å². The number of hydrazine groups is 1. The van der Waals surface area contributed by atoms with Crippen LogP contribution < -0.4 is 10.3 Å². The van der Waals surface area contributed by atoms with Crippen molar-refractivity contribution in [3.8, 4) is 0 Å². The van der Waals surface area contributed by atoms with Crippen molar-refractivity contribution in [2.24, 2.45) is 5.92 Å². The van der Waals surface area contributed by atoms with Crippen LogP contribution in [0.1, 0.15) is 14.5 Å². The fraction of sp³-hybridized carbons (Fsp3) is 0.429. The highest BCUT2D eigenvalue weighted by Gasteiger charge is 2.24. The lowest BCUT2D eigenvalue weighted by Crippen LogP contribution is -2.48. The highest BCUT2D eigenvalue weighted by molar-refractivity contribution is 7.88. The van der Waals surface area contributed by atoms with E-state index >= 15 is 0 Å². The normalized spacial score (nSPS) is 18.8. The van der Waals surface area contributed by atoms with Crippen molar-refractivity contribution in [2.45, 2.75) is 6.92 Å². The van der Waals surface area contributed by atoms with Crippen molar-refractivity contribution >= 4 is 33.1 Å². The molecule has 0 saturated carbocycles. The zero-order valence-electron chi connectivity index (χ0n) is 12.9. The molecule has 23 heavy (non-hydrogen) atoms. The number of ketones is 1. The molecule has 2 rings (SSSR count). The predicted octanol–water partition coefficient (Wildman–Crippen LogP) is 0.308. The molecule has 1 aliphatic heterocycles. The minimum absolute atomic E-state index is 0.0202. The van der Waals surface area contributed by atoms with E-state index in [4.69, 9.17) is 0 Å². The minimum atomic E-state index is -3.50. The summed E-state index contributed by atoms with van der Waals surface area (Å²) in [4.78, 5) is 29.8. The van der Waals surface area contributed by atoms with Crippen LogP contribution in [0.2, 0.25) is 0 Å². The largest absolute Gasteiger partial charge is 0.292 e. The summed E-state index contributed by atoms with van der Waals surface area (Å²) in [6.07, 6.45) is 4.48. The second-order valence-corrected chi connectivity index (χ2v) is 8.46. The molecular formula is C14H19N3O4S2. The second-order valence-electron chi connectivity index (χ2n) is 5.43. The molecule has 0 radical (unpaired) electrons. The first kappa shape index (κ1) is 17.8. The third-order valence-corrected chi connectivity index (χ3v) is 4.78. The maximum Gasteiger partial charge on any atom is 0.243 e. The number of rotatable bonds is 6. The average molecular weight is 357 g/mol. The van der Waals surface area contributed by atoms with E-state index in [2.05, 4.69) is 5.43 Å². The number of hydrogen-bond acceptors (Lipinski definition) is 6. The van der Waals surface area contributed by atoms with Crippen molar-refractivity contribution in [2.75, 3.05) is 25.9 Å². The summed E-state index contributed by atoms with van der Waals surface area (Å²) in [6.45, 7) is 3.12. The number of amides is 1. The van der Waals surface area contributed by atoms with Crippen molar-refractivity contribution < 1.29 is 18.0 Å². The van der Waals surface area contributed by atoms with Crippen LogP contribution in [-0.4, -0.2) is 50.9 Å². The van der Waals surface area contributed by atoms with Gasteiger partial charge in [-0.15, -0.1) is 16.2 Å². The molecule has 2 N–H and O–H groups in total. The van der Waals surface area contributed by atoms with E-state index in [1.165, 1.54) is 11.3 Å². The van der Waals surface area contributed by atoms with Crippen LogP contribution in [0.25, 0.3) is 0 Å². The van der Waals surface area contributed by atoms with Crippen molar-refractivity contribution in [3.63, 3.8) is 0 Å². The number of hydrogen-bond donors (Lipinski definition) is 2. The molecule has 0 fully saturated rings. The molecule has 2 heterocycles. The lowest BCUT2D eigenvalue weighted by molar-refractivity contribution is -0.124. The zero-order chi connectivity index (χ0) is 17.0. The molecule has 1 amide bonds. The number of Topliss-reactive ketones (excluding diaryl/α,β-unsaturated/α-hetero) is 1. The minimum Gasteiger partial charge on any atom is -0.292 e. The van der Waals surface area contributed by atoms with Gasteiger partial charge in [0.1, 0.15) is 0 Å². The van der Waals surface area contributed by atoms with E-state index in [9.17, 15) is 18.0 Å². The molecule has 1 aliphatic rings. The number of carbonyl (C=O) groups excluding carboxylic acids is 2. The van der Waals surface area contributed by atoms with Crippen LogP contribution in [0.5, 0.6) is 0 Å². The zero-order valence-corrected chi connectivity index (χ0v) is 14.5. The Morgan fingerprint density at radius 2 is 2.13 bits per heavy atom. The van der Waals surface area contributed by atoms with Crippen molar-refractivity contribution in [1.82, 2.24) is 15.2 Å². The first-order valence-corrected chi connectivity index (χ1v) is 9.70. The van der Waals surface area contributed by atoms with E-state index in [0.29, 0.717) is 18.0 Å². The second kappa shape index (κ2) is 7.35. The van der Waals surface area contributed by atoms with E-state index < -0.39 is 21.8 Å². The van der Waals surface area contributed by atoms with Gasteiger partial charge in [0.2, 0.25) is 15.9 Å². The summed E-state index contributed by atoms with van der Waals surface area (Å²) in [5.41, 5.74) is 2.16. The molecule has 0 saturated heterocycles. The number of nitrogens with zero attached hydrogens (tertiary/aromatic N) is 1. The maximum atomic E-state index is 12.2. The number of carbonyl (C=O) groups is 2. The van der Waals surface area contributed by atoms with Gasteiger partial charge >= 0.3 is 0 Å². The van der Waals surface area contributed by atoms with Crippen LogP contribution in [0, 0.1) is 12.8 Å². The molecule has 7 nitrogen and oxygen atoms in total. The molecular weight excluding hydrogens is 338 g/mol. The van der Waals surface area contributed by atoms with E-state index in [1.54, 1.807) is 12.2 Å². The van der Waals surface area contributed by atoms with Crippen LogP contribution in [0.3, 0.4) is 0 Å². The highest BCUT2D eigenvalue weighted by Crippen LogP contribution is 2.17. The fourth-order valence-electron chi connectivity index (χ4n) is 2.19. The SMILES string of the molecule is Cc1ccc(C(=O)CN2CC=CC(C(=O)NNS(C)(=O)=O)C2)s1. The third-order valence-electron chi connectivity index (χ3n) is 3.27. The van der Waals surface area contributed by atoms with Gasteiger partial charge in [-0.1, -0.05) is 12.2 Å². The fourth-order valence-corrected chi connectivity index (χ4v) is 3.27. The van der Waals surface area contributed by atoms with Crippen LogP contribution in [0.15, 0.2) is 24.3 Å². The Labute approximate surface area is 139 Å². The molecule has 0 aliphatic carbocycles. The van der Waals surface area contributed by atoms with Crippen LogP contribution in [-0.2, 0) is 14.8 Å². The molecule has 0 aromatic carbocycles. The van der Waals surface area contributed by atoms with Gasteiger partial charge in [0, 0.05) is 18.0 Å². The van der Waals surface area contributed by atoms with Gasteiger partial charge in [-0.2, -0.15) is 0 Å². The molecule has 1 aromatic heterocycles. The summed E-state index contributed by atoms with van der Waals surface area (Å²) in [6, 6.07) is 3.71. The molecule has 9 heteroatoms. The van der Waals surface area contributed by atoms with Gasteiger partial charge in [0.25, 0.3) is 0 Å². The van der Waals surface area contributed by atoms with Gasteiger partial charge in [0.05, 0.1) is 23.6 Å². The van der Waals surface area contributed by atoms with Crippen LogP contribution >= 0.6 is 11.3 Å². The third kappa shape index (κ3) is 5.54. The first-order chi connectivity index (χ1) is 10.7. The van der Waals surface area contributed by atoms with Gasteiger partial charge < -0.3 is 0 Å². The van der Waals surface area contributed by atoms with Crippen molar-refractivity contribution in [1.29, 1.82) is 0 Å².